The predicted octanol–water partition coefficient (Wildman–Crippen LogP) is 5.93. The molecular weight excluding hydrogens is 429 g/mol. The van der Waals surface area contributed by atoms with Crippen LogP contribution < -0.4 is 0 Å². The highest BCUT2D eigenvalue weighted by Crippen LogP contribution is 2.44. The second-order valence-corrected chi connectivity index (χ2v) is 10.0. The van der Waals surface area contributed by atoms with Gasteiger partial charge in [0.15, 0.2) is 0 Å². The molecule has 1 amide bonds. The largest absolute Gasteiger partial charge is 0.385 e. The minimum absolute atomic E-state index is 0.0456. The minimum atomic E-state index is -1.08. The number of ether oxygens (including phenoxy) is 1. The maximum atomic E-state index is 13.6. The van der Waals surface area contributed by atoms with Crippen LogP contribution in [0.15, 0.2) is 48.5 Å². The third kappa shape index (κ3) is 5.52. The number of aliphatic hydroxyl groups is 1. The van der Waals surface area contributed by atoms with E-state index in [1.54, 1.807) is 19.2 Å². The van der Waals surface area contributed by atoms with Crippen molar-refractivity contribution in [3.8, 4) is 11.1 Å². The predicted molar refractivity (Wildman–Crippen MR) is 133 cm³/mol. The number of hydrogen-bond donors (Lipinski definition) is 1. The summed E-state index contributed by atoms with van der Waals surface area (Å²) in [6, 6.07) is 14.4. The van der Waals surface area contributed by atoms with E-state index in [1.807, 2.05) is 29.2 Å². The Morgan fingerprint density at radius 1 is 1.06 bits per heavy atom. The van der Waals surface area contributed by atoms with Crippen molar-refractivity contribution < 1.29 is 19.0 Å². The van der Waals surface area contributed by atoms with Gasteiger partial charge in [-0.25, -0.2) is 4.39 Å². The lowest BCUT2D eigenvalue weighted by Crippen LogP contribution is -2.49. The summed E-state index contributed by atoms with van der Waals surface area (Å²) in [6.07, 6.45) is 8.36. The van der Waals surface area contributed by atoms with Gasteiger partial charge in [-0.15, -0.1) is 0 Å². The smallest absolute Gasteiger partial charge is 0.225 e. The van der Waals surface area contributed by atoms with Crippen LogP contribution in [0, 0.1) is 17.7 Å². The number of halogens is 1. The van der Waals surface area contributed by atoms with E-state index in [-0.39, 0.29) is 23.6 Å². The zero-order valence-corrected chi connectivity index (χ0v) is 20.3. The summed E-state index contributed by atoms with van der Waals surface area (Å²) in [7, 11) is 1.70. The fourth-order valence-corrected chi connectivity index (χ4v) is 5.94. The highest BCUT2D eigenvalue weighted by atomic mass is 19.1. The highest BCUT2D eigenvalue weighted by molar-refractivity contribution is 5.79. The molecule has 2 aliphatic rings. The molecule has 0 spiro atoms. The van der Waals surface area contributed by atoms with Crippen molar-refractivity contribution in [1.82, 2.24) is 4.90 Å². The number of amides is 1. The van der Waals surface area contributed by atoms with Gasteiger partial charge < -0.3 is 14.7 Å². The van der Waals surface area contributed by atoms with Crippen molar-refractivity contribution in [1.29, 1.82) is 0 Å². The standard InChI is InChI=1S/C29H38FNO3/c1-34-20-7-6-18-29(33,24-11-8-19-31(21-24)28(32)23-9-2-3-10-23)27-13-5-4-12-26(27)22-14-16-25(30)17-15-22/h4-5,12-17,23-24,33H,2-3,6-11,18-21H2,1H3/t24-,29+/m1/s1. The zero-order chi connectivity index (χ0) is 24.0. The van der Waals surface area contributed by atoms with Gasteiger partial charge in [0.1, 0.15) is 5.82 Å². The Morgan fingerprint density at radius 2 is 1.79 bits per heavy atom. The van der Waals surface area contributed by atoms with Gasteiger partial charge in [-0.2, -0.15) is 0 Å². The molecule has 1 heterocycles. The molecule has 4 nitrogen and oxygen atoms in total. The van der Waals surface area contributed by atoms with Crippen LogP contribution in [0.1, 0.15) is 63.4 Å². The highest BCUT2D eigenvalue weighted by Gasteiger charge is 2.43. The molecule has 4 rings (SSSR count). The molecule has 34 heavy (non-hydrogen) atoms. The van der Waals surface area contributed by atoms with Crippen LogP contribution in [0.3, 0.4) is 0 Å². The molecule has 5 heteroatoms. The Labute approximate surface area is 203 Å². The van der Waals surface area contributed by atoms with Gasteiger partial charge in [0, 0.05) is 38.6 Å². The first kappa shape index (κ1) is 24.9. The van der Waals surface area contributed by atoms with E-state index in [0.717, 1.165) is 74.6 Å². The van der Waals surface area contributed by atoms with Gasteiger partial charge >= 0.3 is 0 Å². The molecule has 2 aromatic carbocycles. The van der Waals surface area contributed by atoms with E-state index >= 15 is 0 Å². The lowest BCUT2D eigenvalue weighted by molar-refractivity contribution is -0.140. The topological polar surface area (TPSA) is 49.8 Å². The van der Waals surface area contributed by atoms with Gasteiger partial charge in [-0.1, -0.05) is 49.2 Å². The van der Waals surface area contributed by atoms with Crippen LogP contribution in [0.4, 0.5) is 4.39 Å². The Hall–Kier alpha value is -2.24. The van der Waals surface area contributed by atoms with Crippen molar-refractivity contribution in [2.24, 2.45) is 11.8 Å². The summed E-state index contributed by atoms with van der Waals surface area (Å²) in [5.41, 5.74) is 1.62. The molecule has 0 unspecified atom stereocenters. The molecule has 184 valence electrons. The average molecular weight is 468 g/mol. The average Bonchev–Trinajstić information content (AvgIpc) is 3.42. The van der Waals surface area contributed by atoms with Crippen LogP contribution in [0.5, 0.6) is 0 Å². The summed E-state index contributed by atoms with van der Waals surface area (Å²) < 4.78 is 18.9. The number of rotatable bonds is 9. The maximum absolute atomic E-state index is 13.6. The molecule has 1 saturated heterocycles. The molecule has 1 N–H and O–H groups in total. The lowest BCUT2D eigenvalue weighted by atomic mass is 9.72. The van der Waals surface area contributed by atoms with E-state index in [0.29, 0.717) is 19.6 Å². The van der Waals surface area contributed by atoms with Crippen molar-refractivity contribution in [3.63, 3.8) is 0 Å². The van der Waals surface area contributed by atoms with Gasteiger partial charge in [0.25, 0.3) is 0 Å². The number of methoxy groups -OCH3 is 1. The monoisotopic (exact) mass is 467 g/mol. The summed E-state index contributed by atoms with van der Waals surface area (Å²) >= 11 is 0. The summed E-state index contributed by atoms with van der Waals surface area (Å²) in [4.78, 5) is 15.2. The number of hydrogen-bond acceptors (Lipinski definition) is 3. The Balaban J connectivity index is 1.65. The number of unbranched alkanes of at least 4 members (excludes halogenated alkanes) is 1. The summed E-state index contributed by atoms with van der Waals surface area (Å²) in [5.74, 6) is 0.107. The maximum Gasteiger partial charge on any atom is 0.225 e. The van der Waals surface area contributed by atoms with Gasteiger partial charge in [-0.3, -0.25) is 4.79 Å². The van der Waals surface area contributed by atoms with Crippen LogP contribution in [0.25, 0.3) is 11.1 Å². The fraction of sp³-hybridized carbons (Fsp3) is 0.552. The first-order chi connectivity index (χ1) is 16.5. The molecule has 2 aromatic rings. The van der Waals surface area contributed by atoms with E-state index in [4.69, 9.17) is 4.74 Å². The van der Waals surface area contributed by atoms with Gasteiger partial charge in [0.2, 0.25) is 5.91 Å². The SMILES string of the molecule is COCCCC[C@@](O)(c1ccccc1-c1ccc(F)cc1)[C@@H]1CCCN(C(=O)C2CCCC2)C1. The Morgan fingerprint density at radius 3 is 2.53 bits per heavy atom. The number of benzene rings is 2. The normalized spacial score (nSPS) is 20.9. The van der Waals surface area contributed by atoms with Crippen LogP contribution in [-0.4, -0.2) is 42.7 Å². The number of nitrogens with zero attached hydrogens (tertiary/aromatic N) is 1. The first-order valence-electron chi connectivity index (χ1n) is 12.9. The second-order valence-electron chi connectivity index (χ2n) is 10.0. The summed E-state index contributed by atoms with van der Waals surface area (Å²) in [6.45, 7) is 2.03. The quantitative estimate of drug-likeness (QED) is 0.465. The van der Waals surface area contributed by atoms with Crippen molar-refractivity contribution in [3.05, 3.63) is 59.9 Å². The first-order valence-corrected chi connectivity index (χ1v) is 12.9. The minimum Gasteiger partial charge on any atom is -0.385 e. The molecule has 0 bridgehead atoms. The van der Waals surface area contributed by atoms with Crippen LogP contribution >= 0.6 is 0 Å². The molecule has 1 saturated carbocycles. The van der Waals surface area contributed by atoms with Crippen molar-refractivity contribution in [2.45, 2.75) is 63.4 Å². The number of carbonyl (C=O) groups excluding carboxylic acids is 1. The van der Waals surface area contributed by atoms with Crippen LogP contribution in [-0.2, 0) is 15.1 Å². The molecule has 0 aromatic heterocycles. The van der Waals surface area contributed by atoms with E-state index in [2.05, 4.69) is 0 Å². The molecule has 0 radical (unpaired) electrons. The van der Waals surface area contributed by atoms with E-state index in [9.17, 15) is 14.3 Å². The van der Waals surface area contributed by atoms with Gasteiger partial charge in [-0.05, 0) is 73.8 Å². The van der Waals surface area contributed by atoms with Gasteiger partial charge in [0.05, 0.1) is 5.60 Å². The van der Waals surface area contributed by atoms with E-state index in [1.165, 1.54) is 12.1 Å². The fourth-order valence-electron chi connectivity index (χ4n) is 5.94. The molecule has 1 aliphatic heterocycles. The number of likely N-dealkylation sites (tertiary alicyclic amines) is 1. The Kier molecular flexibility index (Phi) is 8.38. The van der Waals surface area contributed by atoms with Crippen LogP contribution in [0.2, 0.25) is 0 Å². The summed E-state index contributed by atoms with van der Waals surface area (Å²) in [5, 5.41) is 12.4. The van der Waals surface area contributed by atoms with Crippen molar-refractivity contribution in [2.75, 3.05) is 26.8 Å². The Bertz CT molecular complexity index is 941. The van der Waals surface area contributed by atoms with Crippen molar-refractivity contribution >= 4 is 5.91 Å². The second kappa shape index (κ2) is 11.5. The number of piperidine rings is 1. The lowest BCUT2D eigenvalue weighted by Gasteiger charge is -2.44. The molecule has 1 aliphatic carbocycles. The zero-order valence-electron chi connectivity index (χ0n) is 20.3. The van der Waals surface area contributed by atoms with E-state index < -0.39 is 5.60 Å². The number of carbonyl (C=O) groups is 1. The molecular formula is C29H38FNO3. The molecule has 2 fully saturated rings. The third-order valence-corrected chi connectivity index (χ3v) is 7.82. The molecule has 2 atom stereocenters. The third-order valence-electron chi connectivity index (χ3n) is 7.82.